The van der Waals surface area contributed by atoms with Gasteiger partial charge in [-0.1, -0.05) is 26.2 Å². The minimum absolute atomic E-state index is 0.0730. The summed E-state index contributed by atoms with van der Waals surface area (Å²) in [5.41, 5.74) is 0. The Balaban J connectivity index is 1.67. The van der Waals surface area contributed by atoms with Gasteiger partial charge in [-0.25, -0.2) is 0 Å². The molecule has 0 spiro atoms. The van der Waals surface area contributed by atoms with Crippen LogP contribution in [0.15, 0.2) is 0 Å². The molecule has 1 aliphatic carbocycles. The van der Waals surface area contributed by atoms with Gasteiger partial charge in [0.25, 0.3) is 0 Å². The summed E-state index contributed by atoms with van der Waals surface area (Å²) in [6.45, 7) is 4.47. The van der Waals surface area contributed by atoms with E-state index in [4.69, 9.17) is 4.74 Å². The molecule has 0 aromatic rings. The molecule has 2 atom stereocenters. The van der Waals surface area contributed by atoms with Gasteiger partial charge in [0.2, 0.25) is 5.91 Å². The van der Waals surface area contributed by atoms with Crippen LogP contribution in [-0.2, 0) is 9.53 Å². The summed E-state index contributed by atoms with van der Waals surface area (Å²) in [7, 11) is 0. The van der Waals surface area contributed by atoms with E-state index in [9.17, 15) is 4.79 Å². The fraction of sp³-hybridized carbons (Fsp3) is 0.933. The lowest BCUT2D eigenvalue weighted by atomic mass is 9.83. The Bertz CT molecular complexity index is 277. The quantitative estimate of drug-likeness (QED) is 0.800. The highest BCUT2D eigenvalue weighted by molar-refractivity contribution is 5.77. The molecule has 4 nitrogen and oxygen atoms in total. The smallest absolute Gasteiger partial charge is 0.246 e. The van der Waals surface area contributed by atoms with Gasteiger partial charge < -0.3 is 15.4 Å². The highest BCUT2D eigenvalue weighted by Crippen LogP contribution is 2.26. The molecule has 1 amide bonds. The van der Waals surface area contributed by atoms with Gasteiger partial charge in [0, 0.05) is 6.04 Å². The van der Waals surface area contributed by atoms with Gasteiger partial charge >= 0.3 is 0 Å². The number of rotatable bonds is 5. The van der Waals surface area contributed by atoms with Crippen molar-refractivity contribution in [2.75, 3.05) is 19.7 Å². The van der Waals surface area contributed by atoms with Crippen LogP contribution < -0.4 is 10.6 Å². The van der Waals surface area contributed by atoms with Crippen molar-refractivity contribution >= 4 is 5.91 Å². The summed E-state index contributed by atoms with van der Waals surface area (Å²) in [5.74, 6) is 0.737. The normalized spacial score (nSPS) is 29.1. The summed E-state index contributed by atoms with van der Waals surface area (Å²) in [6.07, 6.45) is 8.43. The molecule has 1 saturated carbocycles. The van der Waals surface area contributed by atoms with Crippen molar-refractivity contribution in [2.24, 2.45) is 5.92 Å². The molecule has 2 N–H and O–H groups in total. The lowest BCUT2D eigenvalue weighted by Crippen LogP contribution is -2.44. The maximum atomic E-state index is 12.0. The molecule has 2 rings (SSSR count). The first-order valence-electron chi connectivity index (χ1n) is 7.91. The number of hydrogen-bond acceptors (Lipinski definition) is 3. The molecule has 1 saturated heterocycles. The molecule has 0 radical (unpaired) electrons. The van der Waals surface area contributed by atoms with E-state index < -0.39 is 0 Å². The molecule has 1 aliphatic heterocycles. The van der Waals surface area contributed by atoms with E-state index in [1.807, 2.05) is 0 Å². The number of ether oxygens (including phenoxy) is 1. The number of piperidine rings is 1. The van der Waals surface area contributed by atoms with Crippen molar-refractivity contribution < 1.29 is 9.53 Å². The predicted octanol–water partition coefficient (Wildman–Crippen LogP) is 1.84. The second-order valence-electron chi connectivity index (χ2n) is 5.89. The zero-order valence-corrected chi connectivity index (χ0v) is 12.1. The minimum atomic E-state index is 0.0730. The van der Waals surface area contributed by atoms with Gasteiger partial charge in [0.15, 0.2) is 0 Å². The number of carbonyl (C=O) groups is 1. The van der Waals surface area contributed by atoms with E-state index in [2.05, 4.69) is 17.6 Å². The molecule has 0 aromatic heterocycles. The fourth-order valence-corrected chi connectivity index (χ4v) is 3.29. The van der Waals surface area contributed by atoms with Crippen LogP contribution in [0.1, 0.15) is 51.9 Å². The SMILES string of the molecule is CCC1CCCCC1NC(=O)COC1CCNCC1. The van der Waals surface area contributed by atoms with Gasteiger partial charge in [-0.3, -0.25) is 4.79 Å². The number of hydrogen-bond donors (Lipinski definition) is 2. The molecule has 0 aromatic carbocycles. The van der Waals surface area contributed by atoms with Gasteiger partial charge in [-0.15, -0.1) is 0 Å². The Labute approximate surface area is 116 Å². The third-order valence-corrected chi connectivity index (χ3v) is 4.52. The van der Waals surface area contributed by atoms with Crippen LogP contribution in [0.4, 0.5) is 0 Å². The van der Waals surface area contributed by atoms with E-state index in [0.29, 0.717) is 12.0 Å². The average molecular weight is 268 g/mol. The van der Waals surface area contributed by atoms with Crippen molar-refractivity contribution in [1.82, 2.24) is 10.6 Å². The monoisotopic (exact) mass is 268 g/mol. The van der Waals surface area contributed by atoms with E-state index in [1.54, 1.807) is 0 Å². The summed E-state index contributed by atoms with van der Waals surface area (Å²) in [4.78, 5) is 12.0. The van der Waals surface area contributed by atoms with Crippen molar-refractivity contribution in [3.05, 3.63) is 0 Å². The van der Waals surface area contributed by atoms with E-state index >= 15 is 0 Å². The molecule has 19 heavy (non-hydrogen) atoms. The standard InChI is InChI=1S/C15H28N2O2/c1-2-12-5-3-4-6-14(12)17-15(18)11-19-13-7-9-16-10-8-13/h12-14,16H,2-11H2,1H3,(H,17,18). The highest BCUT2D eigenvalue weighted by Gasteiger charge is 2.25. The number of carbonyl (C=O) groups excluding carboxylic acids is 1. The van der Waals surface area contributed by atoms with Crippen LogP contribution in [0.3, 0.4) is 0 Å². The summed E-state index contributed by atoms with van der Waals surface area (Å²) in [6, 6.07) is 0.378. The average Bonchev–Trinajstić information content (AvgIpc) is 2.47. The molecule has 2 aliphatic rings. The van der Waals surface area contributed by atoms with E-state index in [1.165, 1.54) is 25.7 Å². The maximum absolute atomic E-state index is 12.0. The molecule has 0 bridgehead atoms. The Hall–Kier alpha value is -0.610. The molecular formula is C15H28N2O2. The van der Waals surface area contributed by atoms with Gasteiger partial charge in [0.05, 0.1) is 6.10 Å². The number of nitrogens with one attached hydrogen (secondary N) is 2. The second-order valence-corrected chi connectivity index (χ2v) is 5.89. The fourth-order valence-electron chi connectivity index (χ4n) is 3.29. The van der Waals surface area contributed by atoms with Crippen LogP contribution in [0.5, 0.6) is 0 Å². The van der Waals surface area contributed by atoms with Gasteiger partial charge in [-0.05, 0) is 44.7 Å². The molecule has 2 unspecified atom stereocenters. The van der Waals surface area contributed by atoms with Crippen molar-refractivity contribution in [3.8, 4) is 0 Å². The minimum Gasteiger partial charge on any atom is -0.368 e. The van der Waals surface area contributed by atoms with Crippen molar-refractivity contribution in [2.45, 2.75) is 64.0 Å². The number of amides is 1. The largest absolute Gasteiger partial charge is 0.368 e. The summed E-state index contributed by atoms with van der Waals surface area (Å²) < 4.78 is 5.70. The van der Waals surface area contributed by atoms with E-state index in [0.717, 1.165) is 32.4 Å². The Morgan fingerprint density at radius 1 is 1.21 bits per heavy atom. The molecule has 1 heterocycles. The molecule has 2 fully saturated rings. The Morgan fingerprint density at radius 3 is 2.68 bits per heavy atom. The molecule has 110 valence electrons. The lowest BCUT2D eigenvalue weighted by Gasteiger charge is -2.31. The molecular weight excluding hydrogens is 240 g/mol. The van der Waals surface area contributed by atoms with Crippen LogP contribution in [-0.4, -0.2) is 37.7 Å². The first-order valence-corrected chi connectivity index (χ1v) is 7.91. The first-order chi connectivity index (χ1) is 9.29. The predicted molar refractivity (Wildman–Crippen MR) is 76.0 cm³/mol. The Morgan fingerprint density at radius 2 is 1.95 bits per heavy atom. The zero-order chi connectivity index (χ0) is 13.5. The van der Waals surface area contributed by atoms with Crippen molar-refractivity contribution in [3.63, 3.8) is 0 Å². The van der Waals surface area contributed by atoms with Gasteiger partial charge in [0.1, 0.15) is 6.61 Å². The third kappa shape index (κ3) is 4.77. The third-order valence-electron chi connectivity index (χ3n) is 4.52. The molecule has 4 heteroatoms. The zero-order valence-electron chi connectivity index (χ0n) is 12.1. The summed E-state index contributed by atoms with van der Waals surface area (Å²) in [5, 5.41) is 6.48. The van der Waals surface area contributed by atoms with Crippen LogP contribution in [0.25, 0.3) is 0 Å². The van der Waals surface area contributed by atoms with E-state index in [-0.39, 0.29) is 18.6 Å². The van der Waals surface area contributed by atoms with Crippen LogP contribution >= 0.6 is 0 Å². The topological polar surface area (TPSA) is 50.4 Å². The highest BCUT2D eigenvalue weighted by atomic mass is 16.5. The Kier molecular flexibility index (Phi) is 6.11. The van der Waals surface area contributed by atoms with Crippen LogP contribution in [0, 0.1) is 5.92 Å². The van der Waals surface area contributed by atoms with Gasteiger partial charge in [-0.2, -0.15) is 0 Å². The second kappa shape index (κ2) is 7.85. The summed E-state index contributed by atoms with van der Waals surface area (Å²) >= 11 is 0. The first kappa shape index (κ1) is 14.8. The maximum Gasteiger partial charge on any atom is 0.246 e. The lowest BCUT2D eigenvalue weighted by molar-refractivity contribution is -0.129. The van der Waals surface area contributed by atoms with Crippen LogP contribution in [0.2, 0.25) is 0 Å². The van der Waals surface area contributed by atoms with Crippen molar-refractivity contribution in [1.29, 1.82) is 0 Å².